The van der Waals surface area contributed by atoms with Crippen molar-refractivity contribution in [1.29, 1.82) is 0 Å². The van der Waals surface area contributed by atoms with E-state index in [2.05, 4.69) is 21.2 Å². The maximum absolute atomic E-state index is 12.9. The summed E-state index contributed by atoms with van der Waals surface area (Å²) in [6.45, 7) is 0. The van der Waals surface area contributed by atoms with Crippen LogP contribution in [0.2, 0.25) is 0 Å². The van der Waals surface area contributed by atoms with Crippen molar-refractivity contribution in [2.75, 3.05) is 0 Å². The highest BCUT2D eigenvalue weighted by molar-refractivity contribution is 9.10. The van der Waals surface area contributed by atoms with E-state index in [1.165, 1.54) is 4.57 Å². The molecule has 3 aromatic rings. The lowest BCUT2D eigenvalue weighted by molar-refractivity contribution is -0.135. The minimum Gasteiger partial charge on any atom is -0.295 e. The first kappa shape index (κ1) is 16.8. The maximum atomic E-state index is 12.9. The van der Waals surface area contributed by atoms with Crippen molar-refractivity contribution < 1.29 is 9.59 Å². The second kappa shape index (κ2) is 6.25. The SMILES string of the molecule is Cn1c(=O)n(C2CCC(=O)NC2=O)c2cccc(-c3cccc(Br)c3)c21. The Kier molecular flexibility index (Phi) is 4.03. The van der Waals surface area contributed by atoms with E-state index in [9.17, 15) is 14.4 Å². The molecule has 2 amide bonds. The average Bonchev–Trinajstić information content (AvgIpc) is 2.87. The van der Waals surface area contributed by atoms with Gasteiger partial charge in [-0.25, -0.2) is 4.79 Å². The highest BCUT2D eigenvalue weighted by Crippen LogP contribution is 2.31. The highest BCUT2D eigenvalue weighted by Gasteiger charge is 2.31. The largest absolute Gasteiger partial charge is 0.329 e. The molecule has 2 aromatic carbocycles. The minimum absolute atomic E-state index is 0.227. The quantitative estimate of drug-likeness (QED) is 0.656. The summed E-state index contributed by atoms with van der Waals surface area (Å²) in [7, 11) is 1.70. The van der Waals surface area contributed by atoms with Gasteiger partial charge in [-0.15, -0.1) is 0 Å². The van der Waals surface area contributed by atoms with Gasteiger partial charge in [0.15, 0.2) is 0 Å². The van der Waals surface area contributed by atoms with Gasteiger partial charge in [0.25, 0.3) is 0 Å². The van der Waals surface area contributed by atoms with Crippen LogP contribution in [0.15, 0.2) is 51.7 Å². The third-order valence-corrected chi connectivity index (χ3v) is 5.25. The van der Waals surface area contributed by atoms with Crippen LogP contribution in [-0.4, -0.2) is 20.9 Å². The molecule has 1 fully saturated rings. The molecule has 0 spiro atoms. The molecular weight excluding hydrogens is 398 g/mol. The number of hydrogen-bond donors (Lipinski definition) is 1. The number of aromatic nitrogens is 2. The fourth-order valence-corrected chi connectivity index (χ4v) is 3.96. The number of nitrogens with zero attached hydrogens (tertiary/aromatic N) is 2. The Morgan fingerprint density at radius 1 is 1.12 bits per heavy atom. The third kappa shape index (κ3) is 2.59. The van der Waals surface area contributed by atoms with Crippen LogP contribution in [0, 0.1) is 0 Å². The van der Waals surface area contributed by atoms with Gasteiger partial charge in [0, 0.05) is 23.5 Å². The van der Waals surface area contributed by atoms with Crippen LogP contribution in [0.5, 0.6) is 0 Å². The van der Waals surface area contributed by atoms with E-state index in [0.29, 0.717) is 11.9 Å². The van der Waals surface area contributed by atoms with Crippen molar-refractivity contribution in [2.45, 2.75) is 18.9 Å². The summed E-state index contributed by atoms with van der Waals surface area (Å²) in [5.74, 6) is -0.724. The summed E-state index contributed by atoms with van der Waals surface area (Å²) >= 11 is 3.48. The molecular formula is C19H16BrN3O3. The van der Waals surface area contributed by atoms with Crippen molar-refractivity contribution in [2.24, 2.45) is 7.05 Å². The number of hydrogen-bond acceptors (Lipinski definition) is 3. The number of imide groups is 1. The molecule has 0 bridgehead atoms. The van der Waals surface area contributed by atoms with Crippen LogP contribution in [-0.2, 0) is 16.6 Å². The van der Waals surface area contributed by atoms with Crippen LogP contribution < -0.4 is 11.0 Å². The normalized spacial score (nSPS) is 17.5. The molecule has 1 N–H and O–H groups in total. The summed E-state index contributed by atoms with van der Waals surface area (Å²) in [4.78, 5) is 36.7. The lowest BCUT2D eigenvalue weighted by Crippen LogP contribution is -2.44. The summed E-state index contributed by atoms with van der Waals surface area (Å²) in [6, 6.07) is 12.8. The van der Waals surface area contributed by atoms with E-state index in [1.54, 1.807) is 11.6 Å². The van der Waals surface area contributed by atoms with Crippen LogP contribution in [0.1, 0.15) is 18.9 Å². The van der Waals surface area contributed by atoms with Crippen molar-refractivity contribution >= 4 is 38.8 Å². The molecule has 1 aliphatic rings. The molecule has 4 rings (SSSR count). The van der Waals surface area contributed by atoms with E-state index in [1.807, 2.05) is 42.5 Å². The molecule has 1 unspecified atom stereocenters. The van der Waals surface area contributed by atoms with Crippen molar-refractivity contribution in [3.63, 3.8) is 0 Å². The zero-order valence-corrected chi connectivity index (χ0v) is 15.6. The summed E-state index contributed by atoms with van der Waals surface area (Å²) < 4.78 is 4.01. The van der Waals surface area contributed by atoms with E-state index < -0.39 is 11.9 Å². The van der Waals surface area contributed by atoms with Gasteiger partial charge in [-0.05, 0) is 30.2 Å². The zero-order valence-electron chi connectivity index (χ0n) is 14.0. The van der Waals surface area contributed by atoms with Crippen molar-refractivity contribution in [3.05, 3.63) is 57.4 Å². The number of piperidine rings is 1. The lowest BCUT2D eigenvalue weighted by Gasteiger charge is -2.22. The fraction of sp³-hybridized carbons (Fsp3) is 0.211. The Balaban J connectivity index is 1.96. The number of fused-ring (bicyclic) bond motifs is 1. The average molecular weight is 414 g/mol. The second-order valence-electron chi connectivity index (χ2n) is 6.36. The first-order chi connectivity index (χ1) is 12.5. The van der Waals surface area contributed by atoms with Gasteiger partial charge in [0.05, 0.1) is 11.0 Å². The predicted octanol–water partition coefficient (Wildman–Crippen LogP) is 2.75. The van der Waals surface area contributed by atoms with Crippen LogP contribution in [0.25, 0.3) is 22.2 Å². The Morgan fingerprint density at radius 2 is 1.88 bits per heavy atom. The fourth-order valence-electron chi connectivity index (χ4n) is 3.56. The number of carbonyl (C=O) groups is 2. The number of amides is 2. The number of para-hydroxylation sites is 1. The number of imidazole rings is 1. The molecule has 0 saturated carbocycles. The molecule has 2 heterocycles. The van der Waals surface area contributed by atoms with E-state index in [4.69, 9.17) is 0 Å². The van der Waals surface area contributed by atoms with Crippen LogP contribution in [0.4, 0.5) is 0 Å². The number of nitrogens with one attached hydrogen (secondary N) is 1. The molecule has 0 aliphatic carbocycles. The van der Waals surface area contributed by atoms with Crippen molar-refractivity contribution in [3.8, 4) is 11.1 Å². The maximum Gasteiger partial charge on any atom is 0.329 e. The first-order valence-electron chi connectivity index (χ1n) is 8.27. The summed E-state index contributed by atoms with van der Waals surface area (Å²) in [5.41, 5.74) is 3.07. The van der Waals surface area contributed by atoms with Crippen LogP contribution >= 0.6 is 15.9 Å². The molecule has 132 valence electrons. The minimum atomic E-state index is -0.679. The van der Waals surface area contributed by atoms with Gasteiger partial charge < -0.3 is 0 Å². The molecule has 1 atom stereocenters. The molecule has 1 aliphatic heterocycles. The van der Waals surface area contributed by atoms with Gasteiger partial charge in [0.2, 0.25) is 11.8 Å². The Hall–Kier alpha value is -2.67. The topological polar surface area (TPSA) is 73.1 Å². The van der Waals surface area contributed by atoms with E-state index in [0.717, 1.165) is 21.1 Å². The Morgan fingerprint density at radius 3 is 2.62 bits per heavy atom. The summed E-state index contributed by atoms with van der Waals surface area (Å²) in [5, 5.41) is 2.33. The second-order valence-corrected chi connectivity index (χ2v) is 7.28. The number of benzene rings is 2. The standard InChI is InChI=1S/C19H16BrN3O3/c1-22-17-13(11-4-2-5-12(20)10-11)6-3-7-14(17)23(19(22)26)15-8-9-16(24)21-18(15)25/h2-7,10,15H,8-9H2,1H3,(H,21,24,25). The van der Waals surface area contributed by atoms with Crippen LogP contribution in [0.3, 0.4) is 0 Å². The lowest BCUT2D eigenvalue weighted by atomic mass is 10.0. The predicted molar refractivity (Wildman–Crippen MR) is 102 cm³/mol. The number of rotatable bonds is 2. The smallest absolute Gasteiger partial charge is 0.295 e. The first-order valence-corrected chi connectivity index (χ1v) is 9.06. The van der Waals surface area contributed by atoms with Gasteiger partial charge in [-0.3, -0.25) is 24.0 Å². The number of aryl methyl sites for hydroxylation is 1. The zero-order chi connectivity index (χ0) is 18.4. The molecule has 6 nitrogen and oxygen atoms in total. The number of halogens is 1. The Labute approximate surface area is 157 Å². The number of carbonyl (C=O) groups excluding carboxylic acids is 2. The van der Waals surface area contributed by atoms with Gasteiger partial charge in [-0.1, -0.05) is 40.2 Å². The van der Waals surface area contributed by atoms with E-state index in [-0.39, 0.29) is 18.0 Å². The Bertz CT molecular complexity index is 1110. The highest BCUT2D eigenvalue weighted by atomic mass is 79.9. The van der Waals surface area contributed by atoms with Gasteiger partial charge >= 0.3 is 5.69 Å². The molecule has 1 aromatic heterocycles. The van der Waals surface area contributed by atoms with Gasteiger partial charge in [0.1, 0.15) is 6.04 Å². The van der Waals surface area contributed by atoms with Gasteiger partial charge in [-0.2, -0.15) is 0 Å². The monoisotopic (exact) mass is 413 g/mol. The third-order valence-electron chi connectivity index (χ3n) is 4.76. The molecule has 1 saturated heterocycles. The van der Waals surface area contributed by atoms with Crippen molar-refractivity contribution in [1.82, 2.24) is 14.5 Å². The molecule has 26 heavy (non-hydrogen) atoms. The molecule has 0 radical (unpaired) electrons. The summed E-state index contributed by atoms with van der Waals surface area (Å²) in [6.07, 6.45) is 0.551. The molecule has 7 heteroatoms. The van der Waals surface area contributed by atoms with E-state index >= 15 is 0 Å².